The Morgan fingerprint density at radius 3 is 1.96 bits per heavy atom. The number of carbonyl (C=O) groups excluding carboxylic acids is 1. The van der Waals surface area contributed by atoms with Crippen LogP contribution in [0.25, 0.3) is 0 Å². The Bertz CT molecular complexity index is 460. The van der Waals surface area contributed by atoms with Crippen molar-refractivity contribution in [2.24, 2.45) is 5.92 Å². The van der Waals surface area contributed by atoms with E-state index in [4.69, 9.17) is 18.9 Å². The third-order valence-corrected chi connectivity index (χ3v) is 3.24. The highest BCUT2D eigenvalue weighted by Gasteiger charge is 2.13. The average Bonchev–Trinajstić information content (AvgIpc) is 2.56. The van der Waals surface area contributed by atoms with Gasteiger partial charge in [0, 0.05) is 0 Å². The van der Waals surface area contributed by atoms with Gasteiger partial charge in [0.25, 0.3) is 0 Å². The zero-order valence-corrected chi connectivity index (χ0v) is 15.4. The summed E-state index contributed by atoms with van der Waals surface area (Å²) in [4.78, 5) is 11.4. The molecule has 0 aliphatic heterocycles. The van der Waals surface area contributed by atoms with Crippen LogP contribution in [0.15, 0.2) is 30.3 Å². The number of esters is 1. The zero-order chi connectivity index (χ0) is 17.9. The van der Waals surface area contributed by atoms with Crippen LogP contribution in [0.1, 0.15) is 34.6 Å². The van der Waals surface area contributed by atoms with Gasteiger partial charge in [-0.25, -0.2) is 0 Å². The molecule has 136 valence electrons. The van der Waals surface area contributed by atoms with Gasteiger partial charge in [0.05, 0.1) is 31.3 Å². The summed E-state index contributed by atoms with van der Waals surface area (Å²) in [6.07, 6.45) is -0.258. The van der Waals surface area contributed by atoms with Crippen LogP contribution in [0.4, 0.5) is 0 Å². The highest BCUT2D eigenvalue weighted by atomic mass is 16.6. The second-order valence-electron chi connectivity index (χ2n) is 6.31. The molecule has 5 nitrogen and oxygen atoms in total. The maximum atomic E-state index is 11.4. The summed E-state index contributed by atoms with van der Waals surface area (Å²) in [5.74, 6) is 0.505. The number of hydrogen-bond donors (Lipinski definition) is 0. The van der Waals surface area contributed by atoms with Gasteiger partial charge in [-0.15, -0.1) is 0 Å². The molecule has 0 aromatic heterocycles. The molecule has 1 aromatic rings. The zero-order valence-electron chi connectivity index (χ0n) is 15.4. The normalized spacial score (nSPS) is 14.9. The third kappa shape index (κ3) is 8.89. The van der Waals surface area contributed by atoms with E-state index >= 15 is 0 Å². The van der Waals surface area contributed by atoms with Gasteiger partial charge in [-0.05, 0) is 32.9 Å². The Morgan fingerprint density at radius 2 is 1.38 bits per heavy atom. The predicted octanol–water partition coefficient (Wildman–Crippen LogP) is 3.46. The van der Waals surface area contributed by atoms with Crippen molar-refractivity contribution in [2.45, 2.75) is 52.9 Å². The highest BCUT2D eigenvalue weighted by molar-refractivity contribution is 5.71. The fourth-order valence-electron chi connectivity index (χ4n) is 1.83. The summed E-state index contributed by atoms with van der Waals surface area (Å²) in [6, 6.07) is 9.67. The van der Waals surface area contributed by atoms with E-state index in [0.29, 0.717) is 13.2 Å². The number of benzene rings is 1. The minimum atomic E-state index is -0.207. The molecule has 0 bridgehead atoms. The number of ether oxygens (including phenoxy) is 4. The van der Waals surface area contributed by atoms with Gasteiger partial charge in [0.1, 0.15) is 18.5 Å². The maximum absolute atomic E-state index is 11.4. The second kappa shape index (κ2) is 11.0. The molecule has 0 aliphatic rings. The molecule has 3 unspecified atom stereocenters. The quantitative estimate of drug-likeness (QED) is 0.578. The van der Waals surface area contributed by atoms with Crippen molar-refractivity contribution in [2.75, 3.05) is 19.8 Å². The van der Waals surface area contributed by atoms with E-state index in [1.54, 1.807) is 0 Å². The smallest absolute Gasteiger partial charge is 0.308 e. The van der Waals surface area contributed by atoms with Gasteiger partial charge >= 0.3 is 5.97 Å². The summed E-state index contributed by atoms with van der Waals surface area (Å²) in [5.41, 5.74) is 0. The molecule has 0 heterocycles. The molecule has 24 heavy (non-hydrogen) atoms. The molecule has 1 rings (SSSR count). The lowest BCUT2D eigenvalue weighted by molar-refractivity contribution is -0.152. The first-order valence-electron chi connectivity index (χ1n) is 8.50. The number of para-hydroxylation sites is 1. The third-order valence-electron chi connectivity index (χ3n) is 3.24. The lowest BCUT2D eigenvalue weighted by atomic mass is 10.2. The molecule has 0 saturated heterocycles. The van der Waals surface area contributed by atoms with Crippen LogP contribution in [0.5, 0.6) is 5.75 Å². The number of rotatable bonds is 11. The molecule has 0 N–H and O–H groups in total. The first kappa shape index (κ1) is 20.5. The van der Waals surface area contributed by atoms with Crippen LogP contribution in [-0.4, -0.2) is 44.1 Å². The molecule has 1 aromatic carbocycles. The van der Waals surface area contributed by atoms with Crippen LogP contribution in [-0.2, 0) is 19.0 Å². The van der Waals surface area contributed by atoms with Crippen LogP contribution in [0.2, 0.25) is 0 Å². The van der Waals surface area contributed by atoms with Crippen molar-refractivity contribution in [3.63, 3.8) is 0 Å². The van der Waals surface area contributed by atoms with Gasteiger partial charge < -0.3 is 18.9 Å². The van der Waals surface area contributed by atoms with E-state index in [9.17, 15) is 4.79 Å². The Hall–Kier alpha value is -1.59. The SMILES string of the molecule is CC(COC(=O)C(C)C)OCC(C)OCC(C)Oc1ccccc1. The van der Waals surface area contributed by atoms with Crippen LogP contribution < -0.4 is 4.74 Å². The van der Waals surface area contributed by atoms with E-state index in [-0.39, 0.29) is 36.8 Å². The summed E-state index contributed by atoms with van der Waals surface area (Å²) in [7, 11) is 0. The van der Waals surface area contributed by atoms with Crippen molar-refractivity contribution >= 4 is 5.97 Å². The molecule has 0 fully saturated rings. The molecule has 0 spiro atoms. The first-order chi connectivity index (χ1) is 11.4. The van der Waals surface area contributed by atoms with E-state index < -0.39 is 0 Å². The van der Waals surface area contributed by atoms with Crippen molar-refractivity contribution in [1.82, 2.24) is 0 Å². The predicted molar refractivity (Wildman–Crippen MR) is 93.2 cm³/mol. The van der Waals surface area contributed by atoms with Crippen LogP contribution in [0.3, 0.4) is 0 Å². The molecule has 5 heteroatoms. The largest absolute Gasteiger partial charge is 0.488 e. The molecule has 0 aliphatic carbocycles. The summed E-state index contributed by atoms with van der Waals surface area (Å²) in [6.45, 7) is 10.6. The monoisotopic (exact) mass is 338 g/mol. The highest BCUT2D eigenvalue weighted by Crippen LogP contribution is 2.11. The van der Waals surface area contributed by atoms with Crippen LogP contribution in [0, 0.1) is 5.92 Å². The van der Waals surface area contributed by atoms with E-state index in [0.717, 1.165) is 5.75 Å². The minimum absolute atomic E-state index is 0.0423. The summed E-state index contributed by atoms with van der Waals surface area (Å²) < 4.78 is 22.3. The van der Waals surface area contributed by atoms with Crippen molar-refractivity contribution in [3.05, 3.63) is 30.3 Å². The fourth-order valence-corrected chi connectivity index (χ4v) is 1.83. The standard InChI is InChI=1S/C19H30O5/c1-14(2)19(20)23-12-16(4)21-11-15(3)22-13-17(5)24-18-9-7-6-8-10-18/h6-10,14-17H,11-13H2,1-5H3. The van der Waals surface area contributed by atoms with Gasteiger partial charge in [-0.2, -0.15) is 0 Å². The molecule has 0 radical (unpaired) electrons. The van der Waals surface area contributed by atoms with E-state index in [1.165, 1.54) is 0 Å². The lowest BCUT2D eigenvalue weighted by Crippen LogP contribution is -2.28. The Kier molecular flexibility index (Phi) is 9.42. The molecule has 0 saturated carbocycles. The van der Waals surface area contributed by atoms with E-state index in [1.807, 2.05) is 65.0 Å². The Labute approximate surface area is 145 Å². The summed E-state index contributed by atoms with van der Waals surface area (Å²) >= 11 is 0. The average molecular weight is 338 g/mol. The number of hydrogen-bond acceptors (Lipinski definition) is 5. The maximum Gasteiger partial charge on any atom is 0.308 e. The second-order valence-corrected chi connectivity index (χ2v) is 6.31. The van der Waals surface area contributed by atoms with Gasteiger partial charge in [0.2, 0.25) is 0 Å². The van der Waals surface area contributed by atoms with Crippen molar-refractivity contribution < 1.29 is 23.7 Å². The van der Waals surface area contributed by atoms with Crippen LogP contribution >= 0.6 is 0 Å². The van der Waals surface area contributed by atoms with E-state index in [2.05, 4.69) is 0 Å². The summed E-state index contributed by atoms with van der Waals surface area (Å²) in [5, 5.41) is 0. The Morgan fingerprint density at radius 1 is 0.833 bits per heavy atom. The van der Waals surface area contributed by atoms with Gasteiger partial charge in [0.15, 0.2) is 0 Å². The van der Waals surface area contributed by atoms with Gasteiger partial charge in [-0.1, -0.05) is 32.0 Å². The Balaban J connectivity index is 2.14. The van der Waals surface area contributed by atoms with Crippen molar-refractivity contribution in [3.8, 4) is 5.75 Å². The van der Waals surface area contributed by atoms with Crippen molar-refractivity contribution in [1.29, 1.82) is 0 Å². The fraction of sp³-hybridized carbons (Fsp3) is 0.632. The topological polar surface area (TPSA) is 54.0 Å². The molecule has 0 amide bonds. The molecular weight excluding hydrogens is 308 g/mol. The molecular formula is C19H30O5. The minimum Gasteiger partial charge on any atom is -0.488 e. The lowest BCUT2D eigenvalue weighted by Gasteiger charge is -2.20. The van der Waals surface area contributed by atoms with Gasteiger partial charge in [-0.3, -0.25) is 4.79 Å². The molecule has 3 atom stereocenters. The number of carbonyl (C=O) groups is 1. The first-order valence-corrected chi connectivity index (χ1v) is 8.50.